The largest absolute Gasteiger partial charge is 0.481 e. The molecule has 1 aromatic rings. The van der Waals surface area contributed by atoms with Crippen molar-refractivity contribution >= 4 is 17.8 Å². The van der Waals surface area contributed by atoms with Gasteiger partial charge in [-0.3, -0.25) is 14.4 Å². The third-order valence-corrected chi connectivity index (χ3v) is 3.35. The van der Waals surface area contributed by atoms with Crippen LogP contribution in [0.25, 0.3) is 0 Å². The summed E-state index contributed by atoms with van der Waals surface area (Å²) in [5.74, 6) is -6.29. The molecule has 106 valence electrons. The highest BCUT2D eigenvalue weighted by Crippen LogP contribution is 2.34. The molecule has 1 heterocycles. The molecule has 1 amide bonds. The van der Waals surface area contributed by atoms with Crippen LogP contribution in [0, 0.1) is 17.7 Å². The fourth-order valence-electron chi connectivity index (χ4n) is 2.40. The highest BCUT2D eigenvalue weighted by atomic mass is 19.1. The highest BCUT2D eigenvalue weighted by Gasteiger charge is 2.45. The van der Waals surface area contributed by atoms with Crippen molar-refractivity contribution in [1.29, 1.82) is 0 Å². The number of amides is 1. The van der Waals surface area contributed by atoms with Crippen molar-refractivity contribution in [3.63, 3.8) is 0 Å². The van der Waals surface area contributed by atoms with Crippen LogP contribution in [-0.4, -0.2) is 28.1 Å². The quantitative estimate of drug-likeness (QED) is 0.760. The summed E-state index contributed by atoms with van der Waals surface area (Å²) in [5, 5.41) is 20.8. The molecule has 2 rings (SSSR count). The SMILES string of the molecule is O=C1CC(C(=O)O)C(C(=O)O)C(c2ccc(F)cc2)N1. The first-order valence-electron chi connectivity index (χ1n) is 5.90. The molecule has 3 atom stereocenters. The van der Waals surface area contributed by atoms with Crippen molar-refractivity contribution in [1.82, 2.24) is 5.32 Å². The molecular weight excluding hydrogens is 269 g/mol. The fraction of sp³-hybridized carbons (Fsp3) is 0.308. The molecule has 1 aliphatic rings. The van der Waals surface area contributed by atoms with Crippen LogP contribution in [0.2, 0.25) is 0 Å². The molecule has 0 aliphatic carbocycles. The van der Waals surface area contributed by atoms with Crippen LogP contribution in [0.4, 0.5) is 4.39 Å². The highest BCUT2D eigenvalue weighted by molar-refractivity contribution is 5.89. The average Bonchev–Trinajstić information content (AvgIpc) is 2.38. The maximum Gasteiger partial charge on any atom is 0.309 e. The summed E-state index contributed by atoms with van der Waals surface area (Å²) >= 11 is 0. The number of benzene rings is 1. The van der Waals surface area contributed by atoms with E-state index >= 15 is 0 Å². The minimum Gasteiger partial charge on any atom is -0.481 e. The maximum absolute atomic E-state index is 12.9. The zero-order valence-corrected chi connectivity index (χ0v) is 10.2. The van der Waals surface area contributed by atoms with Gasteiger partial charge in [-0.2, -0.15) is 0 Å². The van der Waals surface area contributed by atoms with Crippen molar-refractivity contribution in [2.24, 2.45) is 11.8 Å². The first kappa shape index (κ1) is 14.0. The molecule has 0 bridgehead atoms. The minimum absolute atomic E-state index is 0.359. The van der Waals surface area contributed by atoms with Crippen LogP contribution in [0.15, 0.2) is 24.3 Å². The molecule has 0 radical (unpaired) electrons. The van der Waals surface area contributed by atoms with Gasteiger partial charge in [0.1, 0.15) is 5.82 Å². The van der Waals surface area contributed by atoms with E-state index in [4.69, 9.17) is 5.11 Å². The van der Waals surface area contributed by atoms with Crippen LogP contribution in [0.5, 0.6) is 0 Å². The second-order valence-corrected chi connectivity index (χ2v) is 4.61. The number of carbonyl (C=O) groups excluding carboxylic acids is 1. The zero-order chi connectivity index (χ0) is 14.9. The van der Waals surface area contributed by atoms with E-state index in [1.54, 1.807) is 0 Å². The van der Waals surface area contributed by atoms with E-state index in [9.17, 15) is 23.9 Å². The Hall–Kier alpha value is -2.44. The number of nitrogens with one attached hydrogen (secondary N) is 1. The summed E-state index contributed by atoms with van der Waals surface area (Å²) in [4.78, 5) is 34.0. The Balaban J connectivity index is 2.41. The standard InChI is InChI=1S/C13H12FNO5/c14-7-3-1-6(2-4-7)11-10(13(19)20)8(12(17)18)5-9(16)15-11/h1-4,8,10-11H,5H2,(H,15,16)(H,17,18)(H,19,20). The van der Waals surface area contributed by atoms with Gasteiger partial charge >= 0.3 is 11.9 Å². The third kappa shape index (κ3) is 2.61. The van der Waals surface area contributed by atoms with Crippen molar-refractivity contribution in [3.8, 4) is 0 Å². The molecule has 7 heteroatoms. The lowest BCUT2D eigenvalue weighted by molar-refractivity contribution is -0.159. The summed E-state index contributed by atoms with van der Waals surface area (Å²) in [6.45, 7) is 0. The predicted octanol–water partition coefficient (Wildman–Crippen LogP) is 0.788. The number of carboxylic acid groups (broad SMARTS) is 2. The van der Waals surface area contributed by atoms with Crippen molar-refractivity contribution in [2.45, 2.75) is 12.5 Å². The number of carbonyl (C=O) groups is 3. The van der Waals surface area contributed by atoms with Crippen LogP contribution < -0.4 is 5.32 Å². The predicted molar refractivity (Wildman–Crippen MR) is 64.2 cm³/mol. The second kappa shape index (κ2) is 5.28. The normalized spacial score (nSPS) is 25.9. The summed E-state index contributed by atoms with van der Waals surface area (Å²) in [6.07, 6.45) is -0.385. The van der Waals surface area contributed by atoms with E-state index in [0.717, 1.165) is 12.1 Å². The molecule has 3 N–H and O–H groups in total. The van der Waals surface area contributed by atoms with Crippen molar-refractivity contribution in [2.75, 3.05) is 0 Å². The van der Waals surface area contributed by atoms with Gasteiger partial charge in [-0.25, -0.2) is 4.39 Å². The van der Waals surface area contributed by atoms with Gasteiger partial charge in [0, 0.05) is 6.42 Å². The molecule has 0 aromatic heterocycles. The topological polar surface area (TPSA) is 104 Å². The third-order valence-electron chi connectivity index (χ3n) is 3.35. The molecule has 20 heavy (non-hydrogen) atoms. The molecule has 1 aromatic carbocycles. The smallest absolute Gasteiger partial charge is 0.309 e. The van der Waals surface area contributed by atoms with E-state index in [-0.39, 0.29) is 6.42 Å². The van der Waals surface area contributed by atoms with E-state index in [1.165, 1.54) is 12.1 Å². The van der Waals surface area contributed by atoms with Gasteiger partial charge < -0.3 is 15.5 Å². The van der Waals surface area contributed by atoms with Gasteiger partial charge in [0.15, 0.2) is 0 Å². The van der Waals surface area contributed by atoms with Crippen molar-refractivity contribution in [3.05, 3.63) is 35.6 Å². The van der Waals surface area contributed by atoms with Gasteiger partial charge in [0.25, 0.3) is 0 Å². The van der Waals surface area contributed by atoms with E-state index in [0.29, 0.717) is 5.56 Å². The van der Waals surface area contributed by atoms with Gasteiger partial charge in [-0.15, -0.1) is 0 Å². The summed E-state index contributed by atoms with van der Waals surface area (Å²) in [5.41, 5.74) is 0.359. The molecule has 0 saturated carbocycles. The molecule has 1 aliphatic heterocycles. The Morgan fingerprint density at radius 3 is 2.25 bits per heavy atom. The molecule has 1 fully saturated rings. The first-order valence-corrected chi connectivity index (χ1v) is 5.90. The number of rotatable bonds is 3. The molecule has 0 spiro atoms. The summed E-state index contributed by atoms with van der Waals surface area (Å²) in [7, 11) is 0. The number of carboxylic acids is 2. The number of aliphatic carboxylic acids is 2. The Morgan fingerprint density at radius 2 is 1.75 bits per heavy atom. The minimum atomic E-state index is -1.33. The van der Waals surface area contributed by atoms with Crippen molar-refractivity contribution < 1.29 is 29.0 Å². The number of halogens is 1. The fourth-order valence-corrected chi connectivity index (χ4v) is 2.40. The van der Waals surface area contributed by atoms with E-state index in [2.05, 4.69) is 5.32 Å². The Bertz CT molecular complexity index is 556. The Labute approximate surface area is 113 Å². The monoisotopic (exact) mass is 281 g/mol. The van der Waals surface area contributed by atoms with Crippen LogP contribution in [-0.2, 0) is 14.4 Å². The molecule has 6 nitrogen and oxygen atoms in total. The number of piperidine rings is 1. The lowest BCUT2D eigenvalue weighted by Crippen LogP contribution is -2.49. The summed E-state index contributed by atoms with van der Waals surface area (Å²) in [6, 6.07) is 3.94. The molecule has 3 unspecified atom stereocenters. The number of hydrogen-bond donors (Lipinski definition) is 3. The van der Waals surface area contributed by atoms with Gasteiger partial charge in [-0.1, -0.05) is 12.1 Å². The summed E-state index contributed by atoms with van der Waals surface area (Å²) < 4.78 is 12.9. The Kier molecular flexibility index (Phi) is 3.69. The van der Waals surface area contributed by atoms with Crippen LogP contribution >= 0.6 is 0 Å². The maximum atomic E-state index is 12.9. The lowest BCUT2D eigenvalue weighted by Gasteiger charge is -2.34. The van der Waals surface area contributed by atoms with Gasteiger partial charge in [0.2, 0.25) is 5.91 Å². The first-order chi connectivity index (χ1) is 9.40. The number of hydrogen-bond acceptors (Lipinski definition) is 3. The van der Waals surface area contributed by atoms with Gasteiger partial charge in [-0.05, 0) is 17.7 Å². The van der Waals surface area contributed by atoms with E-state index < -0.39 is 41.5 Å². The lowest BCUT2D eigenvalue weighted by atomic mass is 9.77. The van der Waals surface area contributed by atoms with Crippen LogP contribution in [0.3, 0.4) is 0 Å². The average molecular weight is 281 g/mol. The second-order valence-electron chi connectivity index (χ2n) is 4.61. The molecular formula is C13H12FNO5. The Morgan fingerprint density at radius 1 is 1.15 bits per heavy atom. The molecule has 1 saturated heterocycles. The van der Waals surface area contributed by atoms with E-state index in [1.807, 2.05) is 0 Å². The van der Waals surface area contributed by atoms with Crippen LogP contribution in [0.1, 0.15) is 18.0 Å². The van der Waals surface area contributed by atoms with Gasteiger partial charge in [0.05, 0.1) is 17.9 Å². The zero-order valence-electron chi connectivity index (χ0n) is 10.2.